The molecule has 3 heterocycles. The molecule has 0 spiro atoms. The summed E-state index contributed by atoms with van der Waals surface area (Å²) in [5.74, 6) is -2.84. The number of hydrogen-bond acceptors (Lipinski definition) is 7. The Hall–Kier alpha value is -3.01. The molecule has 0 radical (unpaired) electrons. The lowest BCUT2D eigenvalue weighted by Gasteiger charge is -2.64. The van der Waals surface area contributed by atoms with E-state index < -0.39 is 54.3 Å². The van der Waals surface area contributed by atoms with Gasteiger partial charge < -0.3 is 24.3 Å². The van der Waals surface area contributed by atoms with Crippen LogP contribution in [0.2, 0.25) is 0 Å². The van der Waals surface area contributed by atoms with E-state index in [4.69, 9.17) is 14.0 Å². The first kappa shape index (κ1) is 34.8. The first-order valence-corrected chi connectivity index (χ1v) is 17.4. The summed E-state index contributed by atoms with van der Waals surface area (Å²) in [7, 11) is -0.651. The topological polar surface area (TPSA) is 104 Å². The molecule has 2 bridgehead atoms. The number of nitriles is 1. The maximum Gasteiger partial charge on any atom is 0.482 e. The quantitative estimate of drug-likeness (QED) is 0.221. The molecule has 6 aliphatic rings. The van der Waals surface area contributed by atoms with Gasteiger partial charge in [0.1, 0.15) is 17.2 Å². The summed E-state index contributed by atoms with van der Waals surface area (Å²) in [6.07, 6.45) is 4.19. The van der Waals surface area contributed by atoms with Crippen LogP contribution in [0.5, 0.6) is 0 Å². The zero-order chi connectivity index (χ0) is 34.7. The van der Waals surface area contributed by atoms with Gasteiger partial charge in [-0.05, 0) is 88.7 Å². The van der Waals surface area contributed by atoms with Gasteiger partial charge in [-0.2, -0.15) is 5.26 Å². The third kappa shape index (κ3) is 6.62. The molecular weight excluding hydrogens is 617 g/mol. The monoisotopic (exact) mass is 666 g/mol. The van der Waals surface area contributed by atoms with Gasteiger partial charge in [0.15, 0.2) is 0 Å². The number of carbonyl (C=O) groups excluding carboxylic acids is 2. The van der Waals surface area contributed by atoms with Gasteiger partial charge in [-0.25, -0.2) is 13.6 Å². The number of nitrogens with one attached hydrogen (secondary N) is 1. The number of hydrogen-bond donors (Lipinski definition) is 1. The number of amides is 2. The van der Waals surface area contributed by atoms with Crippen molar-refractivity contribution in [3.05, 3.63) is 47.5 Å². The highest BCUT2D eigenvalue weighted by molar-refractivity contribution is 6.48. The third-order valence-electron chi connectivity index (χ3n) is 12.0. The molecule has 1 aromatic carbocycles. The van der Waals surface area contributed by atoms with E-state index in [9.17, 15) is 23.6 Å². The van der Waals surface area contributed by atoms with Gasteiger partial charge in [0.2, 0.25) is 0 Å². The molecule has 260 valence electrons. The summed E-state index contributed by atoms with van der Waals surface area (Å²) in [5, 5.41) is 13.0. The van der Waals surface area contributed by atoms with E-state index in [1.54, 1.807) is 25.7 Å². The molecule has 3 saturated carbocycles. The summed E-state index contributed by atoms with van der Waals surface area (Å²) >= 11 is 0. The highest BCUT2D eigenvalue weighted by atomic mass is 19.3. The summed E-state index contributed by atoms with van der Waals surface area (Å²) in [5.41, 5.74) is -1.27. The fourth-order valence-corrected chi connectivity index (χ4v) is 9.01. The summed E-state index contributed by atoms with van der Waals surface area (Å²) in [6, 6.07) is 11.9. The Kier molecular flexibility index (Phi) is 9.00. The van der Waals surface area contributed by atoms with Crippen molar-refractivity contribution < 1.29 is 32.4 Å². The molecule has 2 amide bonds. The van der Waals surface area contributed by atoms with Crippen LogP contribution in [-0.2, 0) is 25.3 Å². The summed E-state index contributed by atoms with van der Waals surface area (Å²) in [4.78, 5) is 30.3. The van der Waals surface area contributed by atoms with Gasteiger partial charge in [-0.1, -0.05) is 44.2 Å². The lowest BCUT2D eigenvalue weighted by Crippen LogP contribution is -2.65. The van der Waals surface area contributed by atoms with E-state index in [2.05, 4.69) is 26.1 Å². The molecule has 3 aliphatic carbocycles. The Morgan fingerprint density at radius 2 is 1.88 bits per heavy atom. The Bertz CT molecular complexity index is 1480. The predicted molar refractivity (Wildman–Crippen MR) is 177 cm³/mol. The number of alkyl carbamates (subject to hydrolysis) is 1. The number of halogens is 2. The van der Waals surface area contributed by atoms with E-state index in [1.807, 2.05) is 36.4 Å². The average Bonchev–Trinajstić information content (AvgIpc) is 3.58. The van der Waals surface area contributed by atoms with Gasteiger partial charge >= 0.3 is 13.2 Å². The van der Waals surface area contributed by atoms with E-state index in [0.717, 1.165) is 18.4 Å². The van der Waals surface area contributed by atoms with Gasteiger partial charge in [-0.3, -0.25) is 9.69 Å². The van der Waals surface area contributed by atoms with Crippen LogP contribution in [0.25, 0.3) is 0 Å². The van der Waals surface area contributed by atoms with E-state index >= 15 is 0 Å². The van der Waals surface area contributed by atoms with Crippen LogP contribution in [0.15, 0.2) is 42.0 Å². The normalized spacial score (nSPS) is 33.3. The molecule has 1 N–H and O–H groups in total. The fraction of sp³-hybridized carbons (Fsp3) is 0.694. The SMILES string of the molecule is CC1(OC(=O)N[C@@H](Cc2ccccc2)B2O[C@@H]3C[C@@H]4C[C@@H](C4(C)C)[C@]3(C)O2)CCCN(C(=O)C(C#N)=CC(C)(C)N2CCC(F)(F)C2)C1. The number of alkyl halides is 2. The van der Waals surface area contributed by atoms with Gasteiger partial charge in [0, 0.05) is 25.0 Å². The van der Waals surface area contributed by atoms with Crippen LogP contribution in [0, 0.1) is 28.6 Å². The maximum atomic E-state index is 13.9. The second-order valence-corrected chi connectivity index (χ2v) is 16.3. The highest BCUT2D eigenvalue weighted by Gasteiger charge is 2.68. The maximum absolute atomic E-state index is 13.9. The highest BCUT2D eigenvalue weighted by Crippen LogP contribution is 2.65. The standard InChI is InChI=1S/C36H49BF2N4O5/c1-32(2,43-16-14-36(38,39)23-43)20-25(21-40)30(44)42-15-10-13-34(5,22-42)46-31(45)41-29(17-24-11-8-7-9-12-24)37-47-28-19-26-18-27(33(26,3)4)35(28,6)48-37/h7-9,11-12,20,26-29H,10,13-19,22-23H2,1-6H3,(H,41,45)/t26-,27-,28+,29-,34?,35-/m0/s1. The molecule has 9 nitrogen and oxygen atoms in total. The minimum Gasteiger partial charge on any atom is -0.441 e. The number of nitrogens with zero attached hydrogens (tertiary/aromatic N) is 3. The van der Waals surface area contributed by atoms with Crippen molar-refractivity contribution in [2.24, 2.45) is 17.3 Å². The second kappa shape index (κ2) is 12.4. The molecule has 48 heavy (non-hydrogen) atoms. The Morgan fingerprint density at radius 3 is 2.52 bits per heavy atom. The molecule has 1 aromatic rings. The smallest absolute Gasteiger partial charge is 0.441 e. The molecule has 0 aromatic heterocycles. The Balaban J connectivity index is 1.13. The van der Waals surface area contributed by atoms with E-state index in [-0.39, 0.29) is 36.6 Å². The van der Waals surface area contributed by atoms with E-state index in [0.29, 0.717) is 37.6 Å². The molecule has 6 atom stereocenters. The molecule has 3 saturated heterocycles. The van der Waals surface area contributed by atoms with Crippen LogP contribution in [0.4, 0.5) is 13.6 Å². The molecule has 12 heteroatoms. The average molecular weight is 667 g/mol. The summed E-state index contributed by atoms with van der Waals surface area (Å²) < 4.78 is 47.2. The zero-order valence-electron chi connectivity index (χ0n) is 29.1. The number of benzene rings is 1. The molecular formula is C36H49BF2N4O5. The van der Waals surface area contributed by atoms with Gasteiger partial charge in [0.05, 0.1) is 30.7 Å². The van der Waals surface area contributed by atoms with Crippen LogP contribution >= 0.6 is 0 Å². The van der Waals surface area contributed by atoms with Crippen LogP contribution < -0.4 is 5.32 Å². The molecule has 1 unspecified atom stereocenters. The molecule has 7 rings (SSSR count). The van der Waals surface area contributed by atoms with Crippen molar-refractivity contribution in [3.63, 3.8) is 0 Å². The van der Waals surface area contributed by atoms with Crippen molar-refractivity contribution >= 4 is 19.1 Å². The third-order valence-corrected chi connectivity index (χ3v) is 12.0. The van der Waals surface area contributed by atoms with Crippen LogP contribution in [-0.4, -0.2) is 89.8 Å². The van der Waals surface area contributed by atoms with Crippen molar-refractivity contribution in [2.45, 2.75) is 115 Å². The Morgan fingerprint density at radius 1 is 1.15 bits per heavy atom. The number of ether oxygens (including phenoxy) is 1. The van der Waals surface area contributed by atoms with Gasteiger partial charge in [-0.15, -0.1) is 0 Å². The number of likely N-dealkylation sites (tertiary alicyclic amines) is 2. The van der Waals surface area contributed by atoms with Crippen LogP contribution in [0.1, 0.15) is 79.2 Å². The molecule has 3 aliphatic heterocycles. The van der Waals surface area contributed by atoms with Crippen molar-refractivity contribution in [2.75, 3.05) is 26.2 Å². The minimum absolute atomic E-state index is 0.0416. The second-order valence-electron chi connectivity index (χ2n) is 16.3. The van der Waals surface area contributed by atoms with Crippen molar-refractivity contribution in [1.82, 2.24) is 15.1 Å². The van der Waals surface area contributed by atoms with E-state index in [1.165, 1.54) is 11.0 Å². The predicted octanol–water partition coefficient (Wildman–Crippen LogP) is 5.54. The Labute approximate surface area is 283 Å². The first-order valence-electron chi connectivity index (χ1n) is 17.4. The summed E-state index contributed by atoms with van der Waals surface area (Å²) in [6.45, 7) is 12.3. The molecule has 6 fully saturated rings. The largest absolute Gasteiger partial charge is 0.482 e. The fourth-order valence-electron chi connectivity index (χ4n) is 9.01. The lowest BCUT2D eigenvalue weighted by molar-refractivity contribution is -0.199. The number of rotatable bonds is 8. The lowest BCUT2D eigenvalue weighted by atomic mass is 9.43. The van der Waals surface area contributed by atoms with Crippen molar-refractivity contribution in [1.29, 1.82) is 5.26 Å². The first-order chi connectivity index (χ1) is 22.4. The van der Waals surface area contributed by atoms with Crippen molar-refractivity contribution in [3.8, 4) is 6.07 Å². The zero-order valence-corrected chi connectivity index (χ0v) is 29.1. The number of carbonyl (C=O) groups is 2. The number of piperidine rings is 1. The minimum atomic E-state index is -2.79. The van der Waals surface area contributed by atoms with Gasteiger partial charge in [0.25, 0.3) is 11.8 Å². The van der Waals surface area contributed by atoms with Crippen LogP contribution in [0.3, 0.4) is 0 Å².